The monoisotopic (exact) mass is 585 g/mol. The van der Waals surface area contributed by atoms with Crippen LogP contribution in [0.25, 0.3) is 0 Å². The maximum Gasteiger partial charge on any atom is 0.287 e. The Morgan fingerprint density at radius 2 is 1.78 bits per heavy atom. The number of nitrogens with one attached hydrogen (secondary N) is 2. The number of thiazole rings is 1. The number of nitrogens with two attached hydrogens (primary N) is 1. The summed E-state index contributed by atoms with van der Waals surface area (Å²) in [7, 11) is 0. The first-order valence-electron chi connectivity index (χ1n) is 15.5. The first-order chi connectivity index (χ1) is 19.3. The molecule has 5 atom stereocenters. The van der Waals surface area contributed by atoms with Crippen molar-refractivity contribution in [3.05, 3.63) is 11.1 Å². The zero-order valence-electron chi connectivity index (χ0n) is 25.2. The van der Waals surface area contributed by atoms with Crippen molar-refractivity contribution in [2.75, 3.05) is 11.9 Å². The Morgan fingerprint density at radius 3 is 2.34 bits per heavy atom. The average Bonchev–Trinajstić information content (AvgIpc) is 3.30. The first-order valence-corrected chi connectivity index (χ1v) is 16.3. The van der Waals surface area contributed by atoms with Gasteiger partial charge in [0.15, 0.2) is 5.13 Å². The summed E-state index contributed by atoms with van der Waals surface area (Å²) in [5.41, 5.74) is 6.18. The molecule has 0 radical (unpaired) electrons. The Morgan fingerprint density at radius 1 is 1.10 bits per heavy atom. The fourth-order valence-electron chi connectivity index (χ4n) is 7.38. The SMILES string of the molecule is CC(C)(C)c1csc(NC(C(=O)N2CC3C([C@H]2C(=O)NC(CC2CCC2)C(=O)C(N)=O)C3(C)C)C2CCCCC2)n1. The van der Waals surface area contributed by atoms with Crippen LogP contribution in [0.5, 0.6) is 0 Å². The molecule has 9 nitrogen and oxygen atoms in total. The van der Waals surface area contributed by atoms with Crippen LogP contribution in [-0.4, -0.2) is 58.1 Å². The number of amides is 3. The number of carbonyl (C=O) groups is 4. The molecule has 3 amide bonds. The number of hydrogen-bond acceptors (Lipinski definition) is 7. The minimum absolute atomic E-state index is 0.0128. The van der Waals surface area contributed by atoms with Crippen LogP contribution in [-0.2, 0) is 24.6 Å². The minimum atomic E-state index is -1.03. The van der Waals surface area contributed by atoms with Crippen LogP contribution in [0.4, 0.5) is 5.13 Å². The summed E-state index contributed by atoms with van der Waals surface area (Å²) in [4.78, 5) is 59.5. The second-order valence-corrected chi connectivity index (χ2v) is 15.4. The molecule has 10 heteroatoms. The Bertz CT molecular complexity index is 1180. The largest absolute Gasteiger partial charge is 0.363 e. The van der Waals surface area contributed by atoms with Gasteiger partial charge in [-0.1, -0.05) is 73.1 Å². The van der Waals surface area contributed by atoms with Gasteiger partial charge in [-0.3, -0.25) is 19.2 Å². The van der Waals surface area contributed by atoms with Crippen molar-refractivity contribution >= 4 is 40.0 Å². The second-order valence-electron chi connectivity index (χ2n) is 14.5. The van der Waals surface area contributed by atoms with Crippen LogP contribution >= 0.6 is 11.3 Å². The summed E-state index contributed by atoms with van der Waals surface area (Å²) in [6.07, 6.45) is 8.72. The molecule has 1 aromatic heterocycles. The molecule has 3 aliphatic carbocycles. The lowest BCUT2D eigenvalue weighted by Crippen LogP contribution is -2.58. The Balaban J connectivity index is 1.39. The lowest BCUT2D eigenvalue weighted by molar-refractivity contribution is -0.144. The molecule has 5 rings (SSSR count). The van der Waals surface area contributed by atoms with Crippen molar-refractivity contribution < 1.29 is 19.2 Å². The maximum atomic E-state index is 14.4. The van der Waals surface area contributed by atoms with Crippen LogP contribution in [0.2, 0.25) is 0 Å². The lowest BCUT2D eigenvalue weighted by atomic mass is 9.80. The van der Waals surface area contributed by atoms with Crippen molar-refractivity contribution in [1.29, 1.82) is 0 Å². The summed E-state index contributed by atoms with van der Waals surface area (Å²) in [5.74, 6) is -1.50. The number of piperidine rings is 1. The van der Waals surface area contributed by atoms with Gasteiger partial charge in [0.25, 0.3) is 5.91 Å². The number of ketones is 1. The highest BCUT2D eigenvalue weighted by Gasteiger charge is 2.69. The smallest absolute Gasteiger partial charge is 0.287 e. The van der Waals surface area contributed by atoms with Gasteiger partial charge in [-0.25, -0.2) is 4.98 Å². The number of fused-ring (bicyclic) bond motifs is 1. The molecule has 0 aromatic carbocycles. The number of primary amides is 1. The van der Waals surface area contributed by atoms with E-state index in [2.05, 4.69) is 45.3 Å². The highest BCUT2D eigenvalue weighted by molar-refractivity contribution is 7.13. The molecule has 0 spiro atoms. The van der Waals surface area contributed by atoms with Gasteiger partial charge in [0.1, 0.15) is 12.1 Å². The molecular weight excluding hydrogens is 538 g/mol. The van der Waals surface area contributed by atoms with Crippen LogP contribution in [0.3, 0.4) is 0 Å². The first kappa shape index (κ1) is 30.0. The summed E-state index contributed by atoms with van der Waals surface area (Å²) >= 11 is 1.52. The third kappa shape index (κ3) is 6.04. The highest BCUT2D eigenvalue weighted by Crippen LogP contribution is 2.65. The Kier molecular flexibility index (Phi) is 8.27. The molecule has 226 valence electrons. The average molecular weight is 586 g/mol. The van der Waals surface area contributed by atoms with Crippen molar-refractivity contribution in [2.24, 2.45) is 34.8 Å². The third-order valence-electron chi connectivity index (χ3n) is 10.4. The van der Waals surface area contributed by atoms with Crippen molar-refractivity contribution in [3.8, 4) is 0 Å². The molecule has 0 bridgehead atoms. The third-order valence-corrected chi connectivity index (χ3v) is 11.1. The van der Waals surface area contributed by atoms with Crippen molar-refractivity contribution in [1.82, 2.24) is 15.2 Å². The zero-order chi connectivity index (χ0) is 29.7. The molecule has 1 aromatic rings. The van der Waals surface area contributed by atoms with E-state index in [0.717, 1.165) is 55.8 Å². The normalized spacial score (nSPS) is 27.3. The predicted octanol–water partition coefficient (Wildman–Crippen LogP) is 4.01. The fourth-order valence-corrected chi connectivity index (χ4v) is 8.36. The molecule has 4 N–H and O–H groups in total. The molecule has 4 unspecified atom stereocenters. The van der Waals surface area contributed by atoms with Gasteiger partial charge in [0, 0.05) is 17.3 Å². The van der Waals surface area contributed by atoms with E-state index < -0.39 is 29.8 Å². The van der Waals surface area contributed by atoms with Gasteiger partial charge in [0.2, 0.25) is 17.6 Å². The number of likely N-dealkylation sites (tertiary alicyclic amines) is 1. The number of Topliss-reactive ketones (excluding diaryl/α,β-unsaturated/α-hetero) is 1. The molecule has 1 saturated heterocycles. The topological polar surface area (TPSA) is 134 Å². The van der Waals surface area contributed by atoms with Crippen LogP contribution in [0.15, 0.2) is 5.38 Å². The number of anilines is 1. The van der Waals surface area contributed by atoms with Gasteiger partial charge in [0.05, 0.1) is 11.7 Å². The number of carbonyl (C=O) groups excluding carboxylic acids is 4. The molecule has 3 saturated carbocycles. The van der Waals surface area contributed by atoms with E-state index in [-0.39, 0.29) is 40.4 Å². The summed E-state index contributed by atoms with van der Waals surface area (Å²) in [6, 6.07) is -2.09. The minimum Gasteiger partial charge on any atom is -0.363 e. The van der Waals surface area contributed by atoms with Crippen molar-refractivity contribution in [3.63, 3.8) is 0 Å². The van der Waals surface area contributed by atoms with E-state index in [1.165, 1.54) is 17.8 Å². The molecule has 41 heavy (non-hydrogen) atoms. The summed E-state index contributed by atoms with van der Waals surface area (Å²) in [6.45, 7) is 11.2. The van der Waals surface area contributed by atoms with E-state index in [9.17, 15) is 19.2 Å². The standard InChI is InChI=1S/C31H47N5O4S/c1-30(2,3)21-16-41-29(34-21)35-23(18-12-7-6-8-13-18)28(40)36-15-19-22(31(19,4)5)24(36)27(39)33-20(25(37)26(32)38)14-17-10-9-11-17/h16-20,22-24H,6-15H2,1-5H3,(H2,32,38)(H,33,39)(H,34,35)/t19?,20?,22?,23?,24-/m0/s1. The molecule has 4 aliphatic rings. The van der Waals surface area contributed by atoms with Gasteiger partial charge < -0.3 is 21.3 Å². The number of hydrogen-bond donors (Lipinski definition) is 3. The number of nitrogens with zero attached hydrogens (tertiary/aromatic N) is 2. The second kappa shape index (κ2) is 11.3. The van der Waals surface area contributed by atoms with E-state index in [1.807, 2.05) is 5.38 Å². The zero-order valence-corrected chi connectivity index (χ0v) is 26.0. The molecule has 1 aliphatic heterocycles. The van der Waals surface area contributed by atoms with Crippen LogP contribution < -0.4 is 16.4 Å². The van der Waals surface area contributed by atoms with E-state index in [4.69, 9.17) is 10.7 Å². The van der Waals surface area contributed by atoms with E-state index in [1.54, 1.807) is 4.90 Å². The van der Waals surface area contributed by atoms with Crippen molar-refractivity contribution in [2.45, 2.75) is 116 Å². The van der Waals surface area contributed by atoms with E-state index >= 15 is 0 Å². The molecule has 2 heterocycles. The number of aromatic nitrogens is 1. The van der Waals surface area contributed by atoms with Gasteiger partial charge in [-0.05, 0) is 48.3 Å². The fraction of sp³-hybridized carbons (Fsp3) is 0.774. The van der Waals surface area contributed by atoms with Gasteiger partial charge in [-0.2, -0.15) is 0 Å². The molecular formula is C31H47N5O4S. The highest BCUT2D eigenvalue weighted by atomic mass is 32.1. The number of rotatable bonds is 10. The van der Waals surface area contributed by atoms with Crippen LogP contribution in [0, 0.1) is 29.1 Å². The van der Waals surface area contributed by atoms with Gasteiger partial charge in [-0.15, -0.1) is 11.3 Å². The molecule has 4 fully saturated rings. The summed E-state index contributed by atoms with van der Waals surface area (Å²) < 4.78 is 0. The quantitative estimate of drug-likeness (QED) is 0.355. The summed E-state index contributed by atoms with van der Waals surface area (Å²) in [5, 5.41) is 9.19. The van der Waals surface area contributed by atoms with E-state index in [0.29, 0.717) is 18.9 Å². The Labute approximate surface area is 247 Å². The maximum absolute atomic E-state index is 14.4. The van der Waals surface area contributed by atoms with Crippen LogP contribution in [0.1, 0.15) is 98.1 Å². The predicted molar refractivity (Wildman–Crippen MR) is 159 cm³/mol. The van der Waals surface area contributed by atoms with Gasteiger partial charge >= 0.3 is 0 Å². The Hall–Kier alpha value is -2.49. The lowest BCUT2D eigenvalue weighted by Gasteiger charge is -2.37.